The summed E-state index contributed by atoms with van der Waals surface area (Å²) < 4.78 is 26.0. The molecule has 2 heterocycles. The van der Waals surface area contributed by atoms with Crippen molar-refractivity contribution >= 4 is 39.9 Å². The maximum absolute atomic E-state index is 14.3. The summed E-state index contributed by atoms with van der Waals surface area (Å²) in [6, 6.07) is 10.1. The number of amides is 1. The van der Waals surface area contributed by atoms with Crippen LogP contribution in [0.3, 0.4) is 0 Å². The minimum atomic E-state index is -0.550. The number of carbonyl (C=O) groups excluding carboxylic acids is 1. The third kappa shape index (κ3) is 5.91. The number of hydrogen-bond acceptors (Lipinski definition) is 7. The van der Waals surface area contributed by atoms with Gasteiger partial charge in [0.2, 0.25) is 5.91 Å². The first kappa shape index (κ1) is 24.1. The molecule has 10 heteroatoms. The summed E-state index contributed by atoms with van der Waals surface area (Å²) >= 11 is 5.89. The number of halogens is 2. The zero-order valence-electron chi connectivity index (χ0n) is 19.1. The molecule has 1 saturated heterocycles. The van der Waals surface area contributed by atoms with Crippen LogP contribution in [0.2, 0.25) is 5.02 Å². The SMILES string of the molecule is CN(C)CC(=O)N1CCC(OCOc2ccc3ncnc(Nc4cccc(Cl)c4F)c3c2)CC1. The van der Waals surface area contributed by atoms with E-state index in [2.05, 4.69) is 15.3 Å². The molecule has 0 aliphatic carbocycles. The molecule has 4 rings (SSSR count). The van der Waals surface area contributed by atoms with Gasteiger partial charge in [-0.1, -0.05) is 17.7 Å². The maximum atomic E-state index is 14.3. The molecule has 0 radical (unpaired) electrons. The number of ether oxygens (including phenoxy) is 2. The van der Waals surface area contributed by atoms with Crippen molar-refractivity contribution in [3.8, 4) is 5.75 Å². The van der Waals surface area contributed by atoms with E-state index in [1.165, 1.54) is 12.4 Å². The number of likely N-dealkylation sites (N-methyl/N-ethyl adjacent to an activating group) is 1. The summed E-state index contributed by atoms with van der Waals surface area (Å²) in [5, 5.41) is 3.68. The van der Waals surface area contributed by atoms with Crippen LogP contribution in [0.25, 0.3) is 10.9 Å². The molecule has 0 bridgehead atoms. The van der Waals surface area contributed by atoms with Gasteiger partial charge in [0.25, 0.3) is 0 Å². The smallest absolute Gasteiger partial charge is 0.236 e. The van der Waals surface area contributed by atoms with Crippen molar-refractivity contribution < 1.29 is 18.7 Å². The lowest BCUT2D eigenvalue weighted by Gasteiger charge is -2.32. The van der Waals surface area contributed by atoms with Crippen molar-refractivity contribution in [3.05, 3.63) is 53.6 Å². The third-order valence-electron chi connectivity index (χ3n) is 5.59. The Labute approximate surface area is 202 Å². The van der Waals surface area contributed by atoms with E-state index >= 15 is 0 Å². The van der Waals surface area contributed by atoms with Gasteiger partial charge in [-0.3, -0.25) is 4.79 Å². The first-order valence-corrected chi connectivity index (χ1v) is 11.4. The molecule has 1 amide bonds. The van der Waals surface area contributed by atoms with Crippen molar-refractivity contribution in [2.75, 3.05) is 45.8 Å². The Morgan fingerprint density at radius 1 is 1.24 bits per heavy atom. The first-order chi connectivity index (χ1) is 16.4. The fourth-order valence-corrected chi connectivity index (χ4v) is 3.97. The van der Waals surface area contributed by atoms with E-state index in [-0.39, 0.29) is 29.5 Å². The lowest BCUT2D eigenvalue weighted by molar-refractivity contribution is -0.135. The Bertz CT molecular complexity index is 1150. The molecule has 0 spiro atoms. The summed E-state index contributed by atoms with van der Waals surface area (Å²) in [6.45, 7) is 1.86. The number of fused-ring (bicyclic) bond motifs is 1. The van der Waals surface area contributed by atoms with Gasteiger partial charge in [-0.2, -0.15) is 0 Å². The zero-order valence-corrected chi connectivity index (χ0v) is 19.9. The highest BCUT2D eigenvalue weighted by Crippen LogP contribution is 2.29. The summed E-state index contributed by atoms with van der Waals surface area (Å²) in [4.78, 5) is 24.4. The number of likely N-dealkylation sites (tertiary alicyclic amines) is 1. The number of benzene rings is 2. The van der Waals surface area contributed by atoms with Gasteiger partial charge >= 0.3 is 0 Å². The number of aromatic nitrogens is 2. The van der Waals surface area contributed by atoms with Crippen LogP contribution in [0.15, 0.2) is 42.7 Å². The summed E-state index contributed by atoms with van der Waals surface area (Å²) in [6.07, 6.45) is 2.99. The molecule has 2 aromatic carbocycles. The van der Waals surface area contributed by atoms with Crippen LogP contribution in [-0.2, 0) is 9.53 Å². The topological polar surface area (TPSA) is 79.8 Å². The van der Waals surface area contributed by atoms with E-state index in [0.717, 1.165) is 12.8 Å². The van der Waals surface area contributed by atoms with Crippen LogP contribution >= 0.6 is 11.6 Å². The number of rotatable bonds is 8. The van der Waals surface area contributed by atoms with Gasteiger partial charge in [-0.15, -0.1) is 0 Å². The van der Waals surface area contributed by atoms with Gasteiger partial charge in [-0.05, 0) is 57.3 Å². The van der Waals surface area contributed by atoms with Crippen LogP contribution < -0.4 is 10.1 Å². The first-order valence-electron chi connectivity index (χ1n) is 11.0. The Morgan fingerprint density at radius 3 is 2.79 bits per heavy atom. The molecule has 1 aliphatic rings. The number of carbonyl (C=O) groups is 1. The molecule has 1 fully saturated rings. The predicted molar refractivity (Wildman–Crippen MR) is 129 cm³/mol. The Morgan fingerprint density at radius 2 is 2.03 bits per heavy atom. The Hall–Kier alpha value is -3.01. The largest absolute Gasteiger partial charge is 0.468 e. The summed E-state index contributed by atoms with van der Waals surface area (Å²) in [5.41, 5.74) is 0.903. The predicted octanol–water partition coefficient (Wildman–Crippen LogP) is 4.07. The normalized spacial score (nSPS) is 14.6. The zero-order chi connectivity index (χ0) is 24.1. The number of anilines is 2. The van der Waals surface area contributed by atoms with E-state index < -0.39 is 5.82 Å². The second kappa shape index (κ2) is 10.9. The van der Waals surface area contributed by atoms with Crippen molar-refractivity contribution in [2.24, 2.45) is 0 Å². The van der Waals surface area contributed by atoms with Crippen LogP contribution in [0.1, 0.15) is 12.8 Å². The van der Waals surface area contributed by atoms with Crippen LogP contribution in [0.5, 0.6) is 5.75 Å². The summed E-state index contributed by atoms with van der Waals surface area (Å²) in [7, 11) is 3.77. The molecule has 1 N–H and O–H groups in total. The van der Waals surface area contributed by atoms with E-state index in [4.69, 9.17) is 21.1 Å². The standard InChI is InChI=1S/C24H27ClFN5O3/c1-30(2)13-22(32)31-10-8-16(9-11-31)33-15-34-17-6-7-20-18(12-17)24(28-14-27-20)29-21-5-3-4-19(25)23(21)26/h3-7,12,14,16H,8-11,13,15H2,1-2H3,(H,27,28,29). The molecular weight excluding hydrogens is 461 g/mol. The lowest BCUT2D eigenvalue weighted by Crippen LogP contribution is -2.44. The number of nitrogens with zero attached hydrogens (tertiary/aromatic N) is 4. The minimum Gasteiger partial charge on any atom is -0.468 e. The van der Waals surface area contributed by atoms with Crippen molar-refractivity contribution in [1.29, 1.82) is 0 Å². The molecule has 0 saturated carbocycles. The fraction of sp³-hybridized carbons (Fsp3) is 0.375. The van der Waals surface area contributed by atoms with Crippen LogP contribution in [0, 0.1) is 5.82 Å². The van der Waals surface area contributed by atoms with E-state index in [0.29, 0.717) is 42.1 Å². The lowest BCUT2D eigenvalue weighted by atomic mass is 10.1. The van der Waals surface area contributed by atoms with Gasteiger partial charge in [0.05, 0.1) is 28.9 Å². The second-order valence-corrected chi connectivity index (χ2v) is 8.78. The van der Waals surface area contributed by atoms with Gasteiger partial charge in [-0.25, -0.2) is 14.4 Å². The van der Waals surface area contributed by atoms with Crippen molar-refractivity contribution in [2.45, 2.75) is 18.9 Å². The van der Waals surface area contributed by atoms with Crippen LogP contribution in [-0.4, -0.2) is 72.3 Å². The van der Waals surface area contributed by atoms with Gasteiger partial charge in [0.15, 0.2) is 12.6 Å². The highest BCUT2D eigenvalue weighted by molar-refractivity contribution is 6.31. The number of hydrogen-bond donors (Lipinski definition) is 1. The highest BCUT2D eigenvalue weighted by atomic mass is 35.5. The minimum absolute atomic E-state index is 0.0254. The average Bonchev–Trinajstić information content (AvgIpc) is 2.82. The van der Waals surface area contributed by atoms with Gasteiger partial charge in [0.1, 0.15) is 17.9 Å². The molecular formula is C24H27ClFN5O3. The number of nitrogens with one attached hydrogen (secondary N) is 1. The molecule has 180 valence electrons. The van der Waals surface area contributed by atoms with Crippen molar-refractivity contribution in [1.82, 2.24) is 19.8 Å². The summed E-state index contributed by atoms with van der Waals surface area (Å²) in [5.74, 6) is 0.606. The van der Waals surface area contributed by atoms with Gasteiger partial charge in [0, 0.05) is 18.5 Å². The highest BCUT2D eigenvalue weighted by Gasteiger charge is 2.23. The molecule has 1 aromatic heterocycles. The maximum Gasteiger partial charge on any atom is 0.236 e. The molecule has 8 nitrogen and oxygen atoms in total. The van der Waals surface area contributed by atoms with E-state index in [9.17, 15) is 9.18 Å². The van der Waals surface area contributed by atoms with Gasteiger partial charge < -0.3 is 24.6 Å². The average molecular weight is 488 g/mol. The van der Waals surface area contributed by atoms with Crippen molar-refractivity contribution in [3.63, 3.8) is 0 Å². The second-order valence-electron chi connectivity index (χ2n) is 8.37. The quantitative estimate of drug-likeness (QED) is 0.480. The number of piperidine rings is 1. The van der Waals surface area contributed by atoms with Crippen LogP contribution in [0.4, 0.5) is 15.9 Å². The molecule has 0 unspecified atom stereocenters. The molecule has 3 aromatic rings. The van der Waals surface area contributed by atoms with E-state index in [1.54, 1.807) is 30.3 Å². The Kier molecular flexibility index (Phi) is 7.77. The monoisotopic (exact) mass is 487 g/mol. The van der Waals surface area contributed by atoms with E-state index in [1.807, 2.05) is 23.9 Å². The molecule has 1 aliphatic heterocycles. The third-order valence-corrected chi connectivity index (χ3v) is 5.88. The fourth-order valence-electron chi connectivity index (χ4n) is 3.79. The Balaban J connectivity index is 1.35. The molecule has 0 atom stereocenters. The molecule has 34 heavy (non-hydrogen) atoms.